The Kier molecular flexibility index (Phi) is 6.13. The molecule has 1 aliphatic heterocycles. The molecule has 6 heteroatoms. The zero-order valence-corrected chi connectivity index (χ0v) is 17.5. The summed E-state index contributed by atoms with van der Waals surface area (Å²) in [6.45, 7) is 10.4. The number of halogens is 1. The van der Waals surface area contributed by atoms with Gasteiger partial charge in [-0.2, -0.15) is 0 Å². The summed E-state index contributed by atoms with van der Waals surface area (Å²) in [5, 5.41) is 3.28. The minimum absolute atomic E-state index is 0.0865. The van der Waals surface area contributed by atoms with Crippen LogP contribution in [-0.2, 0) is 9.47 Å². The van der Waals surface area contributed by atoms with Crippen molar-refractivity contribution < 1.29 is 23.4 Å². The van der Waals surface area contributed by atoms with E-state index < -0.39 is 29.6 Å². The molecule has 1 heterocycles. The van der Waals surface area contributed by atoms with Gasteiger partial charge < -0.3 is 19.5 Å². The van der Waals surface area contributed by atoms with Crippen molar-refractivity contribution >= 4 is 11.7 Å². The quantitative estimate of drug-likeness (QED) is 0.681. The molecule has 0 amide bonds. The number of carbonyl (C=O) groups is 1. The summed E-state index contributed by atoms with van der Waals surface area (Å²) in [5.41, 5.74) is 1.23. The van der Waals surface area contributed by atoms with Gasteiger partial charge in [0.05, 0.1) is 11.7 Å². The molecule has 156 valence electrons. The molecule has 29 heavy (non-hydrogen) atoms. The number of anilines is 1. The zero-order chi connectivity index (χ0) is 21.2. The third-order valence-electron chi connectivity index (χ3n) is 4.76. The Morgan fingerprint density at radius 2 is 1.90 bits per heavy atom. The number of fused-ring (bicyclic) bond motifs is 1. The fourth-order valence-corrected chi connectivity index (χ4v) is 3.46. The summed E-state index contributed by atoms with van der Waals surface area (Å²) in [6, 6.07) is 11.1. The van der Waals surface area contributed by atoms with Crippen LogP contribution in [0.3, 0.4) is 0 Å². The second kappa shape index (κ2) is 8.41. The lowest BCUT2D eigenvalue weighted by molar-refractivity contribution is -0.151. The van der Waals surface area contributed by atoms with Gasteiger partial charge in [-0.05, 0) is 77.1 Å². The molecule has 2 aromatic rings. The van der Waals surface area contributed by atoms with Gasteiger partial charge in [0, 0.05) is 17.8 Å². The average molecular weight is 401 g/mol. The second-order valence-corrected chi connectivity index (χ2v) is 7.93. The van der Waals surface area contributed by atoms with Crippen LogP contribution in [0.5, 0.6) is 5.75 Å². The van der Waals surface area contributed by atoms with Crippen LogP contribution >= 0.6 is 0 Å². The van der Waals surface area contributed by atoms with Gasteiger partial charge in [0.2, 0.25) is 0 Å². The summed E-state index contributed by atoms with van der Waals surface area (Å²) in [6.07, 6.45) is -1.28. The molecule has 0 aromatic heterocycles. The summed E-state index contributed by atoms with van der Waals surface area (Å²) in [7, 11) is 0. The Hall–Kier alpha value is -2.60. The molecular weight excluding hydrogens is 373 g/mol. The molecule has 2 unspecified atom stereocenters. The Labute approximate surface area is 171 Å². The monoisotopic (exact) mass is 401 g/mol. The molecule has 3 rings (SSSR count). The fourth-order valence-electron chi connectivity index (χ4n) is 3.46. The number of carbonyl (C=O) groups excluding carboxylic acids is 1. The molecule has 1 aliphatic rings. The van der Waals surface area contributed by atoms with Crippen molar-refractivity contribution in [3.63, 3.8) is 0 Å². The van der Waals surface area contributed by atoms with Crippen molar-refractivity contribution in [3.8, 4) is 5.75 Å². The summed E-state index contributed by atoms with van der Waals surface area (Å²) < 4.78 is 31.5. The number of nitrogens with one attached hydrogen (secondary N) is 1. The van der Waals surface area contributed by atoms with E-state index in [0.29, 0.717) is 5.75 Å². The fraction of sp³-hybridized carbons (Fsp3) is 0.435. The van der Waals surface area contributed by atoms with Crippen molar-refractivity contribution in [1.82, 2.24) is 0 Å². The maximum atomic E-state index is 13.2. The molecule has 0 spiro atoms. The molecule has 0 radical (unpaired) electrons. The van der Waals surface area contributed by atoms with Crippen LogP contribution in [0, 0.1) is 5.82 Å². The molecule has 0 saturated heterocycles. The highest BCUT2D eigenvalue weighted by atomic mass is 19.1. The van der Waals surface area contributed by atoms with E-state index >= 15 is 0 Å². The molecule has 1 N–H and O–H groups in total. The van der Waals surface area contributed by atoms with Crippen LogP contribution in [0.25, 0.3) is 0 Å². The molecule has 0 bridgehead atoms. The van der Waals surface area contributed by atoms with E-state index in [9.17, 15) is 9.18 Å². The average Bonchev–Trinajstić information content (AvgIpc) is 2.65. The SMILES string of the molecule is CCNc1ccc2c(c1)C(OC(C)C)C(OC(=O)c1ccc(F)cc1)C(C)(C)O2. The van der Waals surface area contributed by atoms with Crippen molar-refractivity contribution in [1.29, 1.82) is 0 Å². The predicted octanol–water partition coefficient (Wildman–Crippen LogP) is 5.12. The maximum Gasteiger partial charge on any atom is 0.338 e. The van der Waals surface area contributed by atoms with Gasteiger partial charge in [0.1, 0.15) is 23.3 Å². The third kappa shape index (κ3) is 4.70. The van der Waals surface area contributed by atoms with Gasteiger partial charge >= 0.3 is 5.97 Å². The van der Waals surface area contributed by atoms with Crippen LogP contribution in [0.4, 0.5) is 10.1 Å². The van der Waals surface area contributed by atoms with Gasteiger partial charge in [0.25, 0.3) is 0 Å². The lowest BCUT2D eigenvalue weighted by atomic mass is 9.87. The number of rotatable bonds is 6. The first kappa shape index (κ1) is 21.1. The smallest absolute Gasteiger partial charge is 0.338 e. The van der Waals surface area contributed by atoms with E-state index in [2.05, 4.69) is 5.32 Å². The summed E-state index contributed by atoms with van der Waals surface area (Å²) in [4.78, 5) is 12.8. The highest BCUT2D eigenvalue weighted by molar-refractivity contribution is 5.89. The van der Waals surface area contributed by atoms with Crippen LogP contribution in [0.2, 0.25) is 0 Å². The van der Waals surface area contributed by atoms with Crippen molar-refractivity contribution in [3.05, 3.63) is 59.4 Å². The topological polar surface area (TPSA) is 56.8 Å². The number of hydrogen-bond donors (Lipinski definition) is 1. The van der Waals surface area contributed by atoms with Gasteiger partial charge in [-0.1, -0.05) is 0 Å². The normalized spacial score (nSPS) is 20.0. The molecular formula is C23H28FNO4. The molecule has 0 saturated carbocycles. The Bertz CT molecular complexity index is 864. The molecule has 0 aliphatic carbocycles. The lowest BCUT2D eigenvalue weighted by Gasteiger charge is -2.44. The van der Waals surface area contributed by atoms with Crippen LogP contribution in [0.15, 0.2) is 42.5 Å². The summed E-state index contributed by atoms with van der Waals surface area (Å²) >= 11 is 0. The highest BCUT2D eigenvalue weighted by Gasteiger charge is 2.48. The largest absolute Gasteiger partial charge is 0.483 e. The maximum absolute atomic E-state index is 13.2. The van der Waals surface area contributed by atoms with E-state index in [1.807, 2.05) is 52.8 Å². The van der Waals surface area contributed by atoms with E-state index in [1.54, 1.807) is 0 Å². The molecule has 2 atom stereocenters. The Balaban J connectivity index is 1.97. The minimum atomic E-state index is -0.818. The number of ether oxygens (including phenoxy) is 3. The predicted molar refractivity (Wildman–Crippen MR) is 110 cm³/mol. The summed E-state index contributed by atoms with van der Waals surface area (Å²) in [5.74, 6) is -0.250. The number of esters is 1. The van der Waals surface area contributed by atoms with Crippen LogP contribution < -0.4 is 10.1 Å². The minimum Gasteiger partial charge on any atom is -0.483 e. The number of hydrogen-bond acceptors (Lipinski definition) is 5. The van der Waals surface area contributed by atoms with E-state index in [1.165, 1.54) is 24.3 Å². The molecule has 0 fully saturated rings. The van der Waals surface area contributed by atoms with Gasteiger partial charge in [-0.3, -0.25) is 0 Å². The van der Waals surface area contributed by atoms with Crippen LogP contribution in [-0.4, -0.2) is 30.3 Å². The van der Waals surface area contributed by atoms with Crippen molar-refractivity contribution in [2.24, 2.45) is 0 Å². The number of benzene rings is 2. The van der Waals surface area contributed by atoms with Gasteiger partial charge in [-0.15, -0.1) is 0 Å². The van der Waals surface area contributed by atoms with E-state index in [0.717, 1.165) is 17.8 Å². The standard InChI is InChI=1S/C23H28FNO4/c1-6-25-17-11-12-19-18(13-17)20(27-14(2)3)21(23(4,5)29-19)28-22(26)15-7-9-16(24)10-8-15/h7-14,20-21,25H,6H2,1-5H3. The Morgan fingerprint density at radius 1 is 1.21 bits per heavy atom. The first-order chi connectivity index (χ1) is 13.7. The van der Waals surface area contributed by atoms with Crippen molar-refractivity contribution in [2.75, 3.05) is 11.9 Å². The first-order valence-electron chi connectivity index (χ1n) is 9.90. The first-order valence-corrected chi connectivity index (χ1v) is 9.90. The van der Waals surface area contributed by atoms with Gasteiger partial charge in [0.15, 0.2) is 6.10 Å². The van der Waals surface area contributed by atoms with Gasteiger partial charge in [-0.25, -0.2) is 9.18 Å². The highest BCUT2D eigenvalue weighted by Crippen LogP contribution is 2.45. The third-order valence-corrected chi connectivity index (χ3v) is 4.76. The van der Waals surface area contributed by atoms with E-state index in [-0.39, 0.29) is 11.7 Å². The lowest BCUT2D eigenvalue weighted by Crippen LogP contribution is -2.52. The Morgan fingerprint density at radius 3 is 2.52 bits per heavy atom. The van der Waals surface area contributed by atoms with Crippen molar-refractivity contribution in [2.45, 2.75) is 58.5 Å². The van der Waals surface area contributed by atoms with E-state index in [4.69, 9.17) is 14.2 Å². The molecule has 2 aromatic carbocycles. The van der Waals surface area contributed by atoms with Crippen LogP contribution in [0.1, 0.15) is 56.6 Å². The zero-order valence-electron chi connectivity index (χ0n) is 17.5. The molecule has 5 nitrogen and oxygen atoms in total. The second-order valence-electron chi connectivity index (χ2n) is 7.93.